The summed E-state index contributed by atoms with van der Waals surface area (Å²) in [4.78, 5) is 17.0. The summed E-state index contributed by atoms with van der Waals surface area (Å²) in [6.45, 7) is 8.38. The third kappa shape index (κ3) is 4.31. The minimum absolute atomic E-state index is 0.0549. The Kier molecular flexibility index (Phi) is 6.59. The highest BCUT2D eigenvalue weighted by molar-refractivity contribution is 7.17. The number of fused-ring (bicyclic) bond motifs is 3. The van der Waals surface area contributed by atoms with Crippen LogP contribution >= 0.6 is 11.3 Å². The van der Waals surface area contributed by atoms with Gasteiger partial charge in [-0.05, 0) is 54.6 Å². The van der Waals surface area contributed by atoms with E-state index in [1.807, 2.05) is 35.7 Å². The molecule has 2 N–H and O–H groups in total. The number of pyridine rings is 1. The van der Waals surface area contributed by atoms with Gasteiger partial charge >= 0.3 is 0 Å². The van der Waals surface area contributed by atoms with E-state index in [1.54, 1.807) is 12.0 Å². The van der Waals surface area contributed by atoms with Gasteiger partial charge in [0.25, 0.3) is 5.56 Å². The number of aromatic nitrogens is 1. The maximum absolute atomic E-state index is 12.5. The summed E-state index contributed by atoms with van der Waals surface area (Å²) in [5, 5.41) is 3.91. The average Bonchev–Trinajstić information content (AvgIpc) is 3.29. The number of hydrogen-bond acceptors (Lipinski definition) is 4. The molecule has 0 aliphatic carbocycles. The topological polar surface area (TPSA) is 55.8 Å². The fourth-order valence-corrected chi connectivity index (χ4v) is 4.97. The molecule has 6 heteroatoms. The van der Waals surface area contributed by atoms with E-state index in [0.717, 1.165) is 56.7 Å². The van der Waals surface area contributed by atoms with Crippen molar-refractivity contribution in [3.05, 3.63) is 58.2 Å². The molecule has 0 bridgehead atoms. The van der Waals surface area contributed by atoms with Gasteiger partial charge in [-0.3, -0.25) is 4.79 Å². The number of rotatable bonds is 9. The van der Waals surface area contributed by atoms with Crippen molar-refractivity contribution < 1.29 is 14.4 Å². The standard InChI is InChI=1S/C25H28N2O3S/c1-4-12-27(5-2)13-14-30-18-8-6-7-17(16-18)22-21(29-3)10-9-20-23(22)19-11-15-31-24(19)25(28)26-20/h6-11,15-16H,4-5,12-14H2,1-3H3,(H,26,28)/p+1. The SMILES string of the molecule is CCC[NH+](CC)CCOc1cccc(-c2c(OC)ccc3[nH]c(=O)c4sccc4c23)c1. The number of quaternary nitrogens is 1. The summed E-state index contributed by atoms with van der Waals surface area (Å²) in [5.41, 5.74) is 2.73. The molecule has 1 unspecified atom stereocenters. The minimum Gasteiger partial charge on any atom is -0.496 e. The van der Waals surface area contributed by atoms with E-state index in [4.69, 9.17) is 9.47 Å². The molecule has 0 radical (unpaired) electrons. The Balaban J connectivity index is 1.74. The number of aromatic amines is 1. The predicted molar refractivity (Wildman–Crippen MR) is 129 cm³/mol. The number of ether oxygens (including phenoxy) is 2. The van der Waals surface area contributed by atoms with Gasteiger partial charge in [0.1, 0.15) is 29.4 Å². The molecular formula is C25H29N2O3S+. The van der Waals surface area contributed by atoms with Gasteiger partial charge < -0.3 is 19.4 Å². The normalized spacial score (nSPS) is 12.4. The van der Waals surface area contributed by atoms with Crippen LogP contribution in [0.25, 0.3) is 32.1 Å². The maximum Gasteiger partial charge on any atom is 0.266 e. The second-order valence-corrected chi connectivity index (χ2v) is 8.58. The van der Waals surface area contributed by atoms with E-state index in [9.17, 15) is 4.79 Å². The van der Waals surface area contributed by atoms with Crippen LogP contribution in [0.15, 0.2) is 52.6 Å². The molecule has 0 fully saturated rings. The molecule has 0 saturated carbocycles. The fraction of sp³-hybridized carbons (Fsp3) is 0.320. The van der Waals surface area contributed by atoms with Crippen molar-refractivity contribution in [2.75, 3.05) is 33.4 Å². The number of methoxy groups -OCH3 is 1. The van der Waals surface area contributed by atoms with Crippen LogP contribution in [0.4, 0.5) is 0 Å². The third-order valence-corrected chi connectivity index (χ3v) is 6.64. The largest absolute Gasteiger partial charge is 0.496 e. The highest BCUT2D eigenvalue weighted by atomic mass is 32.1. The van der Waals surface area contributed by atoms with Crippen molar-refractivity contribution in [2.24, 2.45) is 0 Å². The van der Waals surface area contributed by atoms with Crippen molar-refractivity contribution in [1.82, 2.24) is 4.98 Å². The maximum atomic E-state index is 12.5. The van der Waals surface area contributed by atoms with Crippen molar-refractivity contribution in [3.63, 3.8) is 0 Å². The van der Waals surface area contributed by atoms with Crippen LogP contribution in [0.2, 0.25) is 0 Å². The van der Waals surface area contributed by atoms with Gasteiger partial charge in [0.05, 0.1) is 20.2 Å². The lowest BCUT2D eigenvalue weighted by Gasteiger charge is -2.17. The summed E-state index contributed by atoms with van der Waals surface area (Å²) in [7, 11) is 1.68. The molecule has 0 saturated heterocycles. The Bertz CT molecular complexity index is 1240. The minimum atomic E-state index is -0.0549. The average molecular weight is 438 g/mol. The molecule has 2 aromatic heterocycles. The van der Waals surface area contributed by atoms with Crippen molar-refractivity contribution in [2.45, 2.75) is 20.3 Å². The van der Waals surface area contributed by atoms with Crippen molar-refractivity contribution in [3.8, 4) is 22.6 Å². The van der Waals surface area contributed by atoms with Gasteiger partial charge in [-0.1, -0.05) is 19.1 Å². The van der Waals surface area contributed by atoms with E-state index in [-0.39, 0.29) is 5.56 Å². The molecule has 0 aliphatic rings. The molecule has 0 aliphatic heterocycles. The van der Waals surface area contributed by atoms with Gasteiger partial charge in [0.15, 0.2) is 0 Å². The molecule has 31 heavy (non-hydrogen) atoms. The van der Waals surface area contributed by atoms with E-state index >= 15 is 0 Å². The zero-order valence-electron chi connectivity index (χ0n) is 18.3. The quantitative estimate of drug-likeness (QED) is 0.414. The van der Waals surface area contributed by atoms with Gasteiger partial charge in [0.2, 0.25) is 0 Å². The summed E-state index contributed by atoms with van der Waals surface area (Å²) >= 11 is 1.46. The first-order chi connectivity index (χ1) is 15.2. The smallest absolute Gasteiger partial charge is 0.266 e. The first kappa shape index (κ1) is 21.4. The van der Waals surface area contributed by atoms with Gasteiger partial charge in [-0.25, -0.2) is 0 Å². The molecule has 5 nitrogen and oxygen atoms in total. The zero-order valence-corrected chi connectivity index (χ0v) is 19.1. The summed E-state index contributed by atoms with van der Waals surface area (Å²) in [5.74, 6) is 1.61. The van der Waals surface area contributed by atoms with Gasteiger partial charge in [-0.2, -0.15) is 0 Å². The summed E-state index contributed by atoms with van der Waals surface area (Å²) in [6.07, 6.45) is 1.18. The van der Waals surface area contributed by atoms with Gasteiger partial charge in [-0.15, -0.1) is 11.3 Å². The molecule has 2 heterocycles. The Morgan fingerprint density at radius 3 is 2.74 bits per heavy atom. The first-order valence-corrected chi connectivity index (χ1v) is 11.7. The summed E-state index contributed by atoms with van der Waals surface area (Å²) in [6, 6.07) is 14.0. The van der Waals surface area contributed by atoms with Crippen LogP contribution in [0.5, 0.6) is 11.5 Å². The lowest BCUT2D eigenvalue weighted by Crippen LogP contribution is -3.12. The molecular weight excluding hydrogens is 408 g/mol. The molecule has 1 atom stereocenters. The fourth-order valence-electron chi connectivity index (χ4n) is 4.17. The molecule has 4 rings (SSSR count). The lowest BCUT2D eigenvalue weighted by molar-refractivity contribution is -0.898. The molecule has 162 valence electrons. The van der Waals surface area contributed by atoms with E-state index in [2.05, 4.69) is 31.0 Å². The number of nitrogens with one attached hydrogen (secondary N) is 2. The Labute approximate surface area is 186 Å². The zero-order chi connectivity index (χ0) is 21.8. The van der Waals surface area contributed by atoms with Crippen molar-refractivity contribution >= 4 is 32.3 Å². The van der Waals surface area contributed by atoms with Crippen LogP contribution in [-0.2, 0) is 0 Å². The second-order valence-electron chi connectivity index (χ2n) is 7.66. The van der Waals surface area contributed by atoms with E-state index in [0.29, 0.717) is 6.61 Å². The van der Waals surface area contributed by atoms with E-state index < -0.39 is 0 Å². The Morgan fingerprint density at radius 1 is 1.10 bits per heavy atom. The number of hydrogen-bond donors (Lipinski definition) is 2. The Hall–Kier alpha value is -2.83. The highest BCUT2D eigenvalue weighted by Gasteiger charge is 2.17. The van der Waals surface area contributed by atoms with Gasteiger partial charge in [0, 0.05) is 21.9 Å². The van der Waals surface area contributed by atoms with E-state index in [1.165, 1.54) is 24.3 Å². The molecule has 0 amide bonds. The third-order valence-electron chi connectivity index (χ3n) is 5.73. The van der Waals surface area contributed by atoms with Crippen LogP contribution in [0.1, 0.15) is 20.3 Å². The monoisotopic (exact) mass is 437 g/mol. The van der Waals surface area contributed by atoms with Crippen molar-refractivity contribution in [1.29, 1.82) is 0 Å². The van der Waals surface area contributed by atoms with Crippen LogP contribution in [-0.4, -0.2) is 38.3 Å². The number of benzene rings is 2. The Morgan fingerprint density at radius 2 is 1.97 bits per heavy atom. The lowest BCUT2D eigenvalue weighted by atomic mass is 9.97. The summed E-state index contributed by atoms with van der Waals surface area (Å²) < 4.78 is 12.6. The number of H-pyrrole nitrogens is 1. The number of likely N-dealkylation sites (N-methyl/N-ethyl adjacent to an activating group) is 1. The predicted octanol–water partition coefficient (Wildman–Crippen LogP) is 4.11. The number of thiophene rings is 1. The van der Waals surface area contributed by atoms with Crippen LogP contribution < -0.4 is 19.9 Å². The molecule has 0 spiro atoms. The highest BCUT2D eigenvalue weighted by Crippen LogP contribution is 2.40. The van der Waals surface area contributed by atoms with Crippen LogP contribution in [0.3, 0.4) is 0 Å². The first-order valence-electron chi connectivity index (χ1n) is 10.8. The molecule has 4 aromatic rings. The van der Waals surface area contributed by atoms with Crippen LogP contribution in [0, 0.1) is 0 Å². The molecule has 2 aromatic carbocycles. The second kappa shape index (κ2) is 9.54.